The number of carbonyl (C=O) groups is 1. The number of hydrogen-bond donors (Lipinski definition) is 2. The van der Waals surface area contributed by atoms with Gasteiger partial charge < -0.3 is 15.5 Å². The minimum absolute atomic E-state index is 0.245. The number of rotatable bonds is 2. The minimum Gasteiger partial charge on any atom is -0.384 e. The number of amides is 1. The SMILES string of the molecule is O=C(Cc1ccc2c(c1)NCC2)N1CCNCC1. The molecule has 0 bridgehead atoms. The molecule has 2 heterocycles. The van der Waals surface area contributed by atoms with Crippen LogP contribution in [0.15, 0.2) is 18.2 Å². The van der Waals surface area contributed by atoms with Gasteiger partial charge in [-0.1, -0.05) is 12.1 Å². The second-order valence-corrected chi connectivity index (χ2v) is 4.98. The highest BCUT2D eigenvalue weighted by molar-refractivity contribution is 5.79. The van der Waals surface area contributed by atoms with Gasteiger partial charge in [0.15, 0.2) is 0 Å². The summed E-state index contributed by atoms with van der Waals surface area (Å²) in [6, 6.07) is 6.37. The maximum absolute atomic E-state index is 12.1. The van der Waals surface area contributed by atoms with Crippen molar-refractivity contribution in [3.63, 3.8) is 0 Å². The molecule has 4 heteroatoms. The van der Waals surface area contributed by atoms with Gasteiger partial charge >= 0.3 is 0 Å². The Hall–Kier alpha value is -1.55. The molecular formula is C14H19N3O. The summed E-state index contributed by atoms with van der Waals surface area (Å²) in [5.41, 5.74) is 3.70. The van der Waals surface area contributed by atoms with Gasteiger partial charge in [0.05, 0.1) is 6.42 Å². The summed E-state index contributed by atoms with van der Waals surface area (Å²) in [4.78, 5) is 14.1. The predicted molar refractivity (Wildman–Crippen MR) is 71.8 cm³/mol. The Morgan fingerprint density at radius 3 is 2.89 bits per heavy atom. The second kappa shape index (κ2) is 4.98. The van der Waals surface area contributed by atoms with Crippen molar-refractivity contribution in [2.24, 2.45) is 0 Å². The average Bonchev–Trinajstić information content (AvgIpc) is 2.87. The van der Waals surface area contributed by atoms with Gasteiger partial charge in [0.1, 0.15) is 0 Å². The molecule has 0 aromatic heterocycles. The molecule has 18 heavy (non-hydrogen) atoms. The molecule has 2 aliphatic rings. The van der Waals surface area contributed by atoms with E-state index in [4.69, 9.17) is 0 Å². The lowest BCUT2D eigenvalue weighted by Crippen LogP contribution is -2.46. The zero-order valence-electron chi connectivity index (χ0n) is 10.5. The highest BCUT2D eigenvalue weighted by Gasteiger charge is 2.17. The van der Waals surface area contributed by atoms with Crippen molar-refractivity contribution in [3.05, 3.63) is 29.3 Å². The largest absolute Gasteiger partial charge is 0.384 e. The first-order chi connectivity index (χ1) is 8.83. The average molecular weight is 245 g/mol. The molecule has 2 aliphatic heterocycles. The first kappa shape index (κ1) is 11.5. The van der Waals surface area contributed by atoms with Crippen molar-refractivity contribution in [1.82, 2.24) is 10.2 Å². The molecule has 96 valence electrons. The maximum Gasteiger partial charge on any atom is 0.227 e. The molecule has 1 amide bonds. The number of fused-ring (bicyclic) bond motifs is 1. The molecular weight excluding hydrogens is 226 g/mol. The number of nitrogens with one attached hydrogen (secondary N) is 2. The van der Waals surface area contributed by atoms with Gasteiger partial charge in [-0.15, -0.1) is 0 Å². The van der Waals surface area contributed by atoms with Crippen LogP contribution in [0.4, 0.5) is 5.69 Å². The monoisotopic (exact) mass is 245 g/mol. The van der Waals surface area contributed by atoms with E-state index in [-0.39, 0.29) is 5.91 Å². The summed E-state index contributed by atoms with van der Waals surface area (Å²) in [5.74, 6) is 0.245. The number of benzene rings is 1. The van der Waals surface area contributed by atoms with E-state index in [1.165, 1.54) is 11.3 Å². The maximum atomic E-state index is 12.1. The van der Waals surface area contributed by atoms with Crippen LogP contribution in [0.5, 0.6) is 0 Å². The van der Waals surface area contributed by atoms with Gasteiger partial charge in [0.2, 0.25) is 5.91 Å². The van der Waals surface area contributed by atoms with Crippen LogP contribution in [0.25, 0.3) is 0 Å². The molecule has 0 unspecified atom stereocenters. The van der Waals surface area contributed by atoms with Crippen molar-refractivity contribution in [1.29, 1.82) is 0 Å². The molecule has 0 atom stereocenters. The van der Waals surface area contributed by atoms with E-state index in [2.05, 4.69) is 28.8 Å². The van der Waals surface area contributed by atoms with Gasteiger partial charge in [-0.25, -0.2) is 0 Å². The fraction of sp³-hybridized carbons (Fsp3) is 0.500. The summed E-state index contributed by atoms with van der Waals surface area (Å²) < 4.78 is 0. The van der Waals surface area contributed by atoms with Crippen LogP contribution in [-0.2, 0) is 17.6 Å². The van der Waals surface area contributed by atoms with Crippen LogP contribution in [0.3, 0.4) is 0 Å². The lowest BCUT2D eigenvalue weighted by molar-refractivity contribution is -0.131. The van der Waals surface area contributed by atoms with E-state index < -0.39 is 0 Å². The smallest absolute Gasteiger partial charge is 0.227 e. The lowest BCUT2D eigenvalue weighted by Gasteiger charge is -2.27. The van der Waals surface area contributed by atoms with E-state index in [9.17, 15) is 4.79 Å². The van der Waals surface area contributed by atoms with Crippen LogP contribution in [0.2, 0.25) is 0 Å². The van der Waals surface area contributed by atoms with Crippen LogP contribution >= 0.6 is 0 Å². The summed E-state index contributed by atoms with van der Waals surface area (Å²) >= 11 is 0. The topological polar surface area (TPSA) is 44.4 Å². The third kappa shape index (κ3) is 2.34. The van der Waals surface area contributed by atoms with Crippen molar-refractivity contribution in [3.8, 4) is 0 Å². The van der Waals surface area contributed by atoms with Gasteiger partial charge in [-0.05, 0) is 23.6 Å². The normalized spacial score (nSPS) is 18.3. The Bertz CT molecular complexity index is 452. The minimum atomic E-state index is 0.245. The standard InChI is InChI=1S/C14H19N3O/c18-14(17-7-5-15-6-8-17)10-11-1-2-12-3-4-16-13(12)9-11/h1-2,9,15-16H,3-8,10H2. The van der Waals surface area contributed by atoms with E-state index in [0.29, 0.717) is 6.42 Å². The Labute approximate surface area is 107 Å². The third-order valence-electron chi connectivity index (χ3n) is 3.71. The fourth-order valence-electron chi connectivity index (χ4n) is 2.65. The fourth-order valence-corrected chi connectivity index (χ4v) is 2.65. The van der Waals surface area contributed by atoms with Crippen LogP contribution in [0, 0.1) is 0 Å². The first-order valence-electron chi connectivity index (χ1n) is 6.67. The number of piperazine rings is 1. The Morgan fingerprint density at radius 2 is 2.06 bits per heavy atom. The van der Waals surface area contributed by atoms with Crippen molar-refractivity contribution in [2.45, 2.75) is 12.8 Å². The van der Waals surface area contributed by atoms with E-state index in [0.717, 1.165) is 44.7 Å². The molecule has 1 saturated heterocycles. The zero-order chi connectivity index (χ0) is 12.4. The predicted octanol–water partition coefficient (Wildman–Crippen LogP) is 0.629. The molecule has 2 N–H and O–H groups in total. The molecule has 0 spiro atoms. The third-order valence-corrected chi connectivity index (χ3v) is 3.71. The molecule has 1 aromatic carbocycles. The van der Waals surface area contributed by atoms with Crippen LogP contribution in [-0.4, -0.2) is 43.5 Å². The Kier molecular flexibility index (Phi) is 3.19. The molecule has 0 aliphatic carbocycles. The quantitative estimate of drug-likeness (QED) is 0.803. The summed E-state index contributed by atoms with van der Waals surface area (Å²) in [6.45, 7) is 4.52. The molecule has 3 rings (SSSR count). The molecule has 4 nitrogen and oxygen atoms in total. The number of anilines is 1. The Balaban J connectivity index is 1.66. The first-order valence-corrected chi connectivity index (χ1v) is 6.67. The molecule has 0 saturated carbocycles. The summed E-state index contributed by atoms with van der Waals surface area (Å²) in [6.07, 6.45) is 1.62. The Morgan fingerprint density at radius 1 is 1.22 bits per heavy atom. The molecule has 1 aromatic rings. The van der Waals surface area contributed by atoms with Crippen LogP contribution in [0.1, 0.15) is 11.1 Å². The lowest BCUT2D eigenvalue weighted by atomic mass is 10.1. The van der Waals surface area contributed by atoms with Crippen molar-refractivity contribution in [2.75, 3.05) is 38.0 Å². The van der Waals surface area contributed by atoms with E-state index in [1.807, 2.05) is 4.90 Å². The highest BCUT2D eigenvalue weighted by Crippen LogP contribution is 2.23. The van der Waals surface area contributed by atoms with E-state index >= 15 is 0 Å². The molecule has 0 radical (unpaired) electrons. The number of carbonyl (C=O) groups excluding carboxylic acids is 1. The molecule has 1 fully saturated rings. The van der Waals surface area contributed by atoms with Gasteiger partial charge in [-0.2, -0.15) is 0 Å². The number of hydrogen-bond acceptors (Lipinski definition) is 3. The highest BCUT2D eigenvalue weighted by atomic mass is 16.2. The van der Waals surface area contributed by atoms with Gasteiger partial charge in [0.25, 0.3) is 0 Å². The van der Waals surface area contributed by atoms with Gasteiger partial charge in [-0.3, -0.25) is 4.79 Å². The zero-order valence-corrected chi connectivity index (χ0v) is 10.5. The summed E-state index contributed by atoms with van der Waals surface area (Å²) in [7, 11) is 0. The van der Waals surface area contributed by atoms with E-state index in [1.54, 1.807) is 0 Å². The van der Waals surface area contributed by atoms with Crippen LogP contribution < -0.4 is 10.6 Å². The second-order valence-electron chi connectivity index (χ2n) is 4.98. The number of nitrogens with zero attached hydrogens (tertiary/aromatic N) is 1. The summed E-state index contributed by atoms with van der Waals surface area (Å²) in [5, 5.41) is 6.62. The van der Waals surface area contributed by atoms with Crippen molar-refractivity contribution < 1.29 is 4.79 Å². The van der Waals surface area contributed by atoms with Gasteiger partial charge in [0, 0.05) is 38.4 Å². The van der Waals surface area contributed by atoms with Crippen molar-refractivity contribution >= 4 is 11.6 Å².